The number of nitrogens with zero attached hydrogens (tertiary/aromatic N) is 3. The molecule has 0 aromatic heterocycles. The zero-order valence-electron chi connectivity index (χ0n) is 14.4. The summed E-state index contributed by atoms with van der Waals surface area (Å²) in [4.78, 5) is 14.9. The van der Waals surface area contributed by atoms with E-state index in [1.165, 1.54) is 17.0 Å². The first kappa shape index (κ1) is 16.4. The number of para-hydroxylation sites is 1. The van der Waals surface area contributed by atoms with Crippen molar-refractivity contribution in [3.05, 3.63) is 82.9 Å². The third-order valence-electron chi connectivity index (χ3n) is 4.41. The fourth-order valence-electron chi connectivity index (χ4n) is 3.04. The van der Waals surface area contributed by atoms with Gasteiger partial charge in [0.05, 0.1) is 22.4 Å². The standard InChI is InChI=1S/C22H13N3O2/c1-14-6-8-17(9-7-14)25-19-10-15(12-23)16(13-24)11-21(19)27-20-5-3-2-4-18(20)22(25)26/h2-11H,1H3. The number of hydrogen-bond donors (Lipinski definition) is 0. The second kappa shape index (κ2) is 6.33. The zero-order chi connectivity index (χ0) is 19.0. The molecule has 1 heterocycles. The average Bonchev–Trinajstić information content (AvgIpc) is 2.81. The van der Waals surface area contributed by atoms with Crippen LogP contribution in [-0.2, 0) is 0 Å². The first-order valence-corrected chi connectivity index (χ1v) is 8.28. The summed E-state index contributed by atoms with van der Waals surface area (Å²) in [7, 11) is 0. The number of benzene rings is 3. The molecule has 0 fully saturated rings. The van der Waals surface area contributed by atoms with Crippen molar-refractivity contribution in [2.45, 2.75) is 6.92 Å². The quantitative estimate of drug-likeness (QED) is 0.629. The van der Waals surface area contributed by atoms with Gasteiger partial charge in [0.15, 0.2) is 5.75 Å². The number of carbonyl (C=O) groups excluding carboxylic acids is 1. The number of amides is 1. The molecule has 27 heavy (non-hydrogen) atoms. The molecule has 0 saturated heterocycles. The molecule has 5 heteroatoms. The van der Waals surface area contributed by atoms with Crippen LogP contribution in [0.1, 0.15) is 27.0 Å². The van der Waals surface area contributed by atoms with Crippen molar-refractivity contribution in [1.29, 1.82) is 10.5 Å². The van der Waals surface area contributed by atoms with Crippen LogP contribution >= 0.6 is 0 Å². The van der Waals surface area contributed by atoms with E-state index in [4.69, 9.17) is 4.74 Å². The van der Waals surface area contributed by atoms with Crippen LogP contribution in [0, 0.1) is 29.6 Å². The van der Waals surface area contributed by atoms with Crippen LogP contribution in [0.15, 0.2) is 60.7 Å². The smallest absolute Gasteiger partial charge is 0.266 e. The summed E-state index contributed by atoms with van der Waals surface area (Å²) >= 11 is 0. The first-order valence-electron chi connectivity index (χ1n) is 8.28. The molecule has 0 radical (unpaired) electrons. The van der Waals surface area contributed by atoms with Crippen molar-refractivity contribution >= 4 is 17.3 Å². The lowest BCUT2D eigenvalue weighted by Crippen LogP contribution is -2.25. The van der Waals surface area contributed by atoms with E-state index in [-0.39, 0.29) is 17.0 Å². The highest BCUT2D eigenvalue weighted by Crippen LogP contribution is 2.43. The Kier molecular flexibility index (Phi) is 3.84. The molecular weight excluding hydrogens is 338 g/mol. The van der Waals surface area contributed by atoms with Gasteiger partial charge in [0.25, 0.3) is 5.91 Å². The van der Waals surface area contributed by atoms with Crippen LogP contribution in [0.25, 0.3) is 0 Å². The molecule has 0 saturated carbocycles. The van der Waals surface area contributed by atoms with Gasteiger partial charge in [0, 0.05) is 11.8 Å². The third-order valence-corrected chi connectivity index (χ3v) is 4.41. The lowest BCUT2D eigenvalue weighted by atomic mass is 10.1. The lowest BCUT2D eigenvalue weighted by Gasteiger charge is -2.23. The maximum Gasteiger partial charge on any atom is 0.266 e. The summed E-state index contributed by atoms with van der Waals surface area (Å²) in [6.07, 6.45) is 0. The van der Waals surface area contributed by atoms with Gasteiger partial charge < -0.3 is 4.74 Å². The Labute approximate surface area is 156 Å². The number of rotatable bonds is 1. The predicted octanol–water partition coefficient (Wildman–Crippen LogP) is 4.82. The highest BCUT2D eigenvalue weighted by atomic mass is 16.5. The molecule has 1 aliphatic heterocycles. The van der Waals surface area contributed by atoms with E-state index in [0.29, 0.717) is 28.4 Å². The molecule has 5 nitrogen and oxygen atoms in total. The van der Waals surface area contributed by atoms with Gasteiger partial charge >= 0.3 is 0 Å². The molecular formula is C22H13N3O2. The molecule has 1 amide bonds. The predicted molar refractivity (Wildman–Crippen MR) is 100 cm³/mol. The van der Waals surface area contributed by atoms with E-state index < -0.39 is 0 Å². The molecule has 128 valence electrons. The lowest BCUT2D eigenvalue weighted by molar-refractivity contribution is 0.0999. The van der Waals surface area contributed by atoms with Crippen LogP contribution in [0.5, 0.6) is 11.5 Å². The molecule has 4 rings (SSSR count). The van der Waals surface area contributed by atoms with E-state index in [0.717, 1.165) is 5.56 Å². The maximum absolute atomic E-state index is 13.3. The van der Waals surface area contributed by atoms with Gasteiger partial charge in [-0.25, -0.2) is 0 Å². The van der Waals surface area contributed by atoms with E-state index in [9.17, 15) is 15.3 Å². The van der Waals surface area contributed by atoms with Crippen molar-refractivity contribution in [2.24, 2.45) is 0 Å². The number of hydrogen-bond acceptors (Lipinski definition) is 4. The number of nitriles is 2. The minimum Gasteiger partial charge on any atom is -0.454 e. The molecule has 1 aliphatic rings. The monoisotopic (exact) mass is 351 g/mol. The van der Waals surface area contributed by atoms with Crippen molar-refractivity contribution < 1.29 is 9.53 Å². The Hall–Kier alpha value is -4.09. The Balaban J connectivity index is 2.03. The Bertz CT molecular complexity index is 1150. The minimum absolute atomic E-state index is 0.190. The highest BCUT2D eigenvalue weighted by molar-refractivity contribution is 6.14. The van der Waals surface area contributed by atoms with Gasteiger partial charge in [-0.15, -0.1) is 0 Å². The Morgan fingerprint density at radius 1 is 0.889 bits per heavy atom. The number of carbonyl (C=O) groups is 1. The van der Waals surface area contributed by atoms with E-state index in [2.05, 4.69) is 0 Å². The summed E-state index contributed by atoms with van der Waals surface area (Å²) in [5.41, 5.74) is 2.95. The molecule has 0 N–H and O–H groups in total. The number of aryl methyl sites for hydroxylation is 1. The molecule has 3 aromatic carbocycles. The van der Waals surface area contributed by atoms with Crippen LogP contribution in [0.4, 0.5) is 11.4 Å². The second-order valence-electron chi connectivity index (χ2n) is 6.16. The topological polar surface area (TPSA) is 77.1 Å². The normalized spacial score (nSPS) is 12.1. The molecule has 0 unspecified atom stereocenters. The highest BCUT2D eigenvalue weighted by Gasteiger charge is 2.30. The summed E-state index contributed by atoms with van der Waals surface area (Å²) < 4.78 is 5.97. The van der Waals surface area contributed by atoms with Gasteiger partial charge in [-0.05, 0) is 37.3 Å². The summed E-state index contributed by atoms with van der Waals surface area (Å²) in [5.74, 6) is 0.498. The van der Waals surface area contributed by atoms with Crippen LogP contribution < -0.4 is 9.64 Å². The van der Waals surface area contributed by atoms with Gasteiger partial charge in [0.2, 0.25) is 0 Å². The van der Waals surface area contributed by atoms with E-state index >= 15 is 0 Å². The molecule has 0 aliphatic carbocycles. The largest absolute Gasteiger partial charge is 0.454 e. The third kappa shape index (κ3) is 2.68. The van der Waals surface area contributed by atoms with Crippen molar-refractivity contribution in [2.75, 3.05) is 4.90 Å². The van der Waals surface area contributed by atoms with Gasteiger partial charge in [-0.1, -0.05) is 29.8 Å². The van der Waals surface area contributed by atoms with Gasteiger partial charge in [-0.3, -0.25) is 9.69 Å². The van der Waals surface area contributed by atoms with Crippen molar-refractivity contribution in [3.8, 4) is 23.6 Å². The summed E-state index contributed by atoms with van der Waals surface area (Å²) in [6.45, 7) is 1.97. The average molecular weight is 351 g/mol. The Morgan fingerprint density at radius 2 is 1.56 bits per heavy atom. The van der Waals surface area contributed by atoms with Crippen LogP contribution in [-0.4, -0.2) is 5.91 Å². The van der Waals surface area contributed by atoms with Crippen LogP contribution in [0.2, 0.25) is 0 Å². The second-order valence-corrected chi connectivity index (χ2v) is 6.16. The summed E-state index contributed by atoms with van der Waals surface area (Å²) in [5, 5.41) is 18.8. The fourth-order valence-corrected chi connectivity index (χ4v) is 3.04. The van der Waals surface area contributed by atoms with E-state index in [1.54, 1.807) is 24.3 Å². The molecule has 0 atom stereocenters. The molecule has 3 aromatic rings. The van der Waals surface area contributed by atoms with Gasteiger partial charge in [-0.2, -0.15) is 10.5 Å². The maximum atomic E-state index is 13.3. The van der Waals surface area contributed by atoms with Crippen molar-refractivity contribution in [1.82, 2.24) is 0 Å². The number of anilines is 2. The van der Waals surface area contributed by atoms with E-state index in [1.807, 2.05) is 43.3 Å². The Morgan fingerprint density at radius 3 is 2.26 bits per heavy atom. The SMILES string of the molecule is Cc1ccc(N2C(=O)c3ccccc3Oc3cc(C#N)c(C#N)cc32)cc1. The molecule has 0 bridgehead atoms. The van der Waals surface area contributed by atoms with Crippen LogP contribution in [0.3, 0.4) is 0 Å². The fraction of sp³-hybridized carbons (Fsp3) is 0.0455. The number of fused-ring (bicyclic) bond motifs is 2. The zero-order valence-corrected chi connectivity index (χ0v) is 14.4. The summed E-state index contributed by atoms with van der Waals surface area (Å²) in [6, 6.07) is 21.5. The number of ether oxygens (including phenoxy) is 1. The van der Waals surface area contributed by atoms with Crippen molar-refractivity contribution in [3.63, 3.8) is 0 Å². The first-order chi connectivity index (χ1) is 13.1. The molecule has 0 spiro atoms. The van der Waals surface area contributed by atoms with Gasteiger partial charge in [0.1, 0.15) is 17.9 Å². The minimum atomic E-state index is -0.262.